The molecule has 0 saturated heterocycles. The number of methoxy groups -OCH3 is 1. The molecule has 1 aromatic heterocycles. The van der Waals surface area contributed by atoms with Gasteiger partial charge in [-0.3, -0.25) is 0 Å². The fourth-order valence-corrected chi connectivity index (χ4v) is 1.73. The van der Waals surface area contributed by atoms with Gasteiger partial charge in [-0.25, -0.2) is 19.6 Å². The highest BCUT2D eigenvalue weighted by molar-refractivity contribution is 6.33. The number of esters is 1. The zero-order valence-electron chi connectivity index (χ0n) is 10.8. The molecule has 0 bridgehead atoms. The summed E-state index contributed by atoms with van der Waals surface area (Å²) in [5, 5.41) is 12.0. The molecule has 2 rings (SSSR count). The van der Waals surface area contributed by atoms with E-state index in [0.29, 0.717) is 11.5 Å². The van der Waals surface area contributed by atoms with Crippen molar-refractivity contribution in [1.29, 1.82) is 0 Å². The van der Waals surface area contributed by atoms with Crippen molar-refractivity contribution in [2.75, 3.05) is 12.4 Å². The molecule has 0 radical (unpaired) electrons. The Morgan fingerprint density at radius 3 is 2.76 bits per heavy atom. The largest absolute Gasteiger partial charge is 0.478 e. The van der Waals surface area contributed by atoms with Crippen LogP contribution in [0.15, 0.2) is 30.5 Å². The third kappa shape index (κ3) is 3.46. The summed E-state index contributed by atoms with van der Waals surface area (Å²) in [7, 11) is 1.23. The Morgan fingerprint density at radius 2 is 2.10 bits per heavy atom. The zero-order chi connectivity index (χ0) is 15.4. The summed E-state index contributed by atoms with van der Waals surface area (Å²) >= 11 is 5.78. The van der Waals surface area contributed by atoms with Crippen molar-refractivity contribution in [3.8, 4) is 0 Å². The van der Waals surface area contributed by atoms with Gasteiger partial charge in [-0.05, 0) is 24.3 Å². The summed E-state index contributed by atoms with van der Waals surface area (Å²) in [6, 6.07) is 5.94. The van der Waals surface area contributed by atoms with E-state index in [1.165, 1.54) is 31.5 Å². The molecule has 108 valence electrons. The molecule has 2 N–H and O–H groups in total. The van der Waals surface area contributed by atoms with Crippen LogP contribution in [-0.2, 0) is 4.74 Å². The monoisotopic (exact) mass is 307 g/mol. The highest BCUT2D eigenvalue weighted by Crippen LogP contribution is 2.22. The molecule has 2 aromatic rings. The Kier molecular flexibility index (Phi) is 4.34. The Labute approximate surface area is 124 Å². The smallest absolute Gasteiger partial charge is 0.376 e. The van der Waals surface area contributed by atoms with Gasteiger partial charge in [0.2, 0.25) is 5.82 Å². The van der Waals surface area contributed by atoms with Crippen LogP contribution < -0.4 is 5.32 Å². The van der Waals surface area contributed by atoms with E-state index < -0.39 is 11.9 Å². The van der Waals surface area contributed by atoms with E-state index in [2.05, 4.69) is 20.0 Å². The Morgan fingerprint density at radius 1 is 1.33 bits per heavy atom. The van der Waals surface area contributed by atoms with E-state index in [1.54, 1.807) is 6.07 Å². The van der Waals surface area contributed by atoms with E-state index in [0.717, 1.165) is 0 Å². The summed E-state index contributed by atoms with van der Waals surface area (Å²) < 4.78 is 4.52. The molecule has 0 saturated carbocycles. The number of hydrogen-bond donors (Lipinski definition) is 2. The van der Waals surface area contributed by atoms with Crippen LogP contribution in [0.4, 0.5) is 11.5 Å². The second kappa shape index (κ2) is 6.19. The van der Waals surface area contributed by atoms with Gasteiger partial charge in [0.15, 0.2) is 0 Å². The Hall–Kier alpha value is -2.67. The van der Waals surface area contributed by atoms with Crippen LogP contribution in [0.3, 0.4) is 0 Å². The van der Waals surface area contributed by atoms with Crippen molar-refractivity contribution in [1.82, 2.24) is 9.97 Å². The molecule has 0 unspecified atom stereocenters. The number of anilines is 2. The number of halogens is 1. The number of benzene rings is 1. The molecular formula is C13H10ClN3O4. The number of rotatable bonds is 4. The first-order valence-electron chi connectivity index (χ1n) is 5.72. The van der Waals surface area contributed by atoms with Crippen LogP contribution in [-0.4, -0.2) is 34.1 Å². The maximum Gasteiger partial charge on any atom is 0.376 e. The quantitative estimate of drug-likeness (QED) is 0.836. The second-order valence-electron chi connectivity index (χ2n) is 3.88. The number of ether oxygens (including phenoxy) is 1. The van der Waals surface area contributed by atoms with Gasteiger partial charge in [0, 0.05) is 11.9 Å². The number of aromatic nitrogens is 2. The molecule has 0 aliphatic heterocycles. The molecule has 0 amide bonds. The van der Waals surface area contributed by atoms with Crippen LogP contribution in [0.1, 0.15) is 21.0 Å². The lowest BCUT2D eigenvalue weighted by Crippen LogP contribution is -2.08. The summed E-state index contributed by atoms with van der Waals surface area (Å²) in [5.74, 6) is -1.58. The van der Waals surface area contributed by atoms with E-state index >= 15 is 0 Å². The predicted molar refractivity (Wildman–Crippen MR) is 75.1 cm³/mol. The molecule has 0 fully saturated rings. The van der Waals surface area contributed by atoms with Crippen molar-refractivity contribution in [3.05, 3.63) is 46.9 Å². The third-order valence-corrected chi connectivity index (χ3v) is 2.82. The van der Waals surface area contributed by atoms with Crippen molar-refractivity contribution in [3.63, 3.8) is 0 Å². The first-order chi connectivity index (χ1) is 10.0. The maximum absolute atomic E-state index is 11.3. The Balaban J connectivity index is 2.28. The molecular weight excluding hydrogens is 298 g/mol. The van der Waals surface area contributed by atoms with Gasteiger partial charge in [-0.1, -0.05) is 11.6 Å². The van der Waals surface area contributed by atoms with E-state index in [4.69, 9.17) is 16.7 Å². The summed E-state index contributed by atoms with van der Waals surface area (Å²) in [6.45, 7) is 0. The number of carboxylic acid groups (broad SMARTS) is 1. The van der Waals surface area contributed by atoms with Gasteiger partial charge >= 0.3 is 11.9 Å². The van der Waals surface area contributed by atoms with Gasteiger partial charge in [0.25, 0.3) is 0 Å². The third-order valence-electron chi connectivity index (χ3n) is 2.49. The highest BCUT2D eigenvalue weighted by Gasteiger charge is 2.12. The lowest BCUT2D eigenvalue weighted by atomic mass is 10.2. The number of carbonyl (C=O) groups excluding carboxylic acids is 1. The molecule has 7 nitrogen and oxygen atoms in total. The Bertz CT molecular complexity index is 706. The van der Waals surface area contributed by atoms with Crippen molar-refractivity contribution in [2.45, 2.75) is 0 Å². The minimum Gasteiger partial charge on any atom is -0.478 e. The molecule has 8 heteroatoms. The number of aromatic carboxylic acids is 1. The van der Waals surface area contributed by atoms with E-state index in [9.17, 15) is 9.59 Å². The molecule has 0 aliphatic rings. The fraction of sp³-hybridized carbons (Fsp3) is 0.0769. The number of nitrogens with zero attached hydrogens (tertiary/aromatic N) is 2. The topological polar surface area (TPSA) is 101 Å². The van der Waals surface area contributed by atoms with Gasteiger partial charge in [0.1, 0.15) is 5.82 Å². The van der Waals surface area contributed by atoms with Crippen LogP contribution in [0, 0.1) is 0 Å². The predicted octanol–water partition coefficient (Wildman–Crippen LogP) is 2.36. The van der Waals surface area contributed by atoms with Crippen molar-refractivity contribution >= 4 is 35.0 Å². The number of nitrogens with one attached hydrogen (secondary N) is 1. The van der Waals surface area contributed by atoms with Crippen LogP contribution >= 0.6 is 11.6 Å². The SMILES string of the molecule is COC(=O)c1nccc(Nc2ccc(Cl)c(C(=O)O)c2)n1. The van der Waals surface area contributed by atoms with E-state index in [-0.39, 0.29) is 16.4 Å². The summed E-state index contributed by atoms with van der Waals surface area (Å²) in [4.78, 5) is 30.1. The first-order valence-corrected chi connectivity index (χ1v) is 6.10. The average Bonchev–Trinajstić information content (AvgIpc) is 2.48. The average molecular weight is 308 g/mol. The van der Waals surface area contributed by atoms with Crippen LogP contribution in [0.2, 0.25) is 5.02 Å². The van der Waals surface area contributed by atoms with Crippen LogP contribution in [0.5, 0.6) is 0 Å². The minimum absolute atomic E-state index is 0.0380. The molecule has 0 atom stereocenters. The normalized spacial score (nSPS) is 10.0. The molecule has 0 spiro atoms. The molecule has 0 aliphatic carbocycles. The highest BCUT2D eigenvalue weighted by atomic mass is 35.5. The molecule has 1 aromatic carbocycles. The number of hydrogen-bond acceptors (Lipinski definition) is 6. The second-order valence-corrected chi connectivity index (χ2v) is 4.29. The molecule has 21 heavy (non-hydrogen) atoms. The van der Waals surface area contributed by atoms with Gasteiger partial charge in [-0.2, -0.15) is 0 Å². The van der Waals surface area contributed by atoms with Crippen molar-refractivity contribution in [2.24, 2.45) is 0 Å². The lowest BCUT2D eigenvalue weighted by molar-refractivity contribution is 0.0586. The molecule has 1 heterocycles. The zero-order valence-corrected chi connectivity index (χ0v) is 11.6. The van der Waals surface area contributed by atoms with Gasteiger partial charge < -0.3 is 15.2 Å². The van der Waals surface area contributed by atoms with E-state index in [1.807, 2.05) is 0 Å². The first kappa shape index (κ1) is 14.7. The summed E-state index contributed by atoms with van der Waals surface area (Å²) in [5.41, 5.74) is 0.426. The maximum atomic E-state index is 11.3. The minimum atomic E-state index is -1.14. The fourth-order valence-electron chi connectivity index (χ4n) is 1.53. The van der Waals surface area contributed by atoms with Gasteiger partial charge in [0.05, 0.1) is 17.7 Å². The van der Waals surface area contributed by atoms with Gasteiger partial charge in [-0.15, -0.1) is 0 Å². The standard InChI is InChI=1S/C13H10ClN3O4/c1-21-13(20)11-15-5-4-10(17-11)16-7-2-3-9(14)8(6-7)12(18)19/h2-6H,1H3,(H,18,19)(H,15,16,17). The summed E-state index contributed by atoms with van der Waals surface area (Å²) in [6.07, 6.45) is 1.38. The van der Waals surface area contributed by atoms with Crippen molar-refractivity contribution < 1.29 is 19.4 Å². The number of carbonyl (C=O) groups is 2. The van der Waals surface area contributed by atoms with Crippen LogP contribution in [0.25, 0.3) is 0 Å². The number of carboxylic acids is 1. The lowest BCUT2D eigenvalue weighted by Gasteiger charge is -2.08.